The summed E-state index contributed by atoms with van der Waals surface area (Å²) in [5.74, 6) is 0.483. The van der Waals surface area contributed by atoms with Crippen molar-refractivity contribution in [2.75, 3.05) is 28.3 Å². The maximum Gasteiger partial charge on any atom is 0.272 e. The minimum absolute atomic E-state index is 0.0122. The topological polar surface area (TPSA) is 213 Å². The van der Waals surface area contributed by atoms with E-state index in [-0.39, 0.29) is 84.6 Å². The molecular formula is C38H35Cl3N4O9. The normalized spacial score (nSPS) is 14.2. The summed E-state index contributed by atoms with van der Waals surface area (Å²) in [5, 5.41) is 38.0. The van der Waals surface area contributed by atoms with Gasteiger partial charge in [0.05, 0.1) is 51.0 Å². The van der Waals surface area contributed by atoms with E-state index in [1.54, 1.807) is 49.6 Å². The zero-order valence-corrected chi connectivity index (χ0v) is 31.3. The lowest BCUT2D eigenvalue weighted by Gasteiger charge is -2.39. The average molecular weight is 798 g/mol. The predicted octanol–water partition coefficient (Wildman–Crippen LogP) is 7.52. The van der Waals surface area contributed by atoms with Gasteiger partial charge >= 0.3 is 0 Å². The van der Waals surface area contributed by atoms with Gasteiger partial charge in [-0.15, -0.1) is 0 Å². The minimum atomic E-state index is -0.669. The highest BCUT2D eigenvalue weighted by Crippen LogP contribution is 2.46. The number of phenolic OH excluding ortho intramolecular Hbond substituents is 3. The fourth-order valence-corrected chi connectivity index (χ4v) is 6.21. The number of fused-ring (bicyclic) bond motifs is 1. The first kappa shape index (κ1) is 39.6. The van der Waals surface area contributed by atoms with Crippen LogP contribution in [-0.2, 0) is 6.42 Å². The Hall–Kier alpha value is -5.63. The first-order valence-electron chi connectivity index (χ1n) is 16.4. The van der Waals surface area contributed by atoms with Crippen LogP contribution in [0.4, 0.5) is 34.1 Å². The third-order valence-corrected chi connectivity index (χ3v) is 9.65. The number of nitrogens with one attached hydrogen (secondary N) is 3. The SMILES string of the molecule is CC1(C)CCc2occc2[C@@H]1Nc1c(Nc2cccc(Cl)c2O)c(=O)c1=O.CCOc1c(Nc2cccc(Cl)c2O)c(=O)c1=O.Nc1cccc(Cl)c1O. The highest BCUT2D eigenvalue weighted by molar-refractivity contribution is 6.33. The lowest BCUT2D eigenvalue weighted by molar-refractivity contribution is 0.250. The molecule has 0 saturated carbocycles. The third kappa shape index (κ3) is 7.98. The van der Waals surface area contributed by atoms with Gasteiger partial charge in [0.15, 0.2) is 23.0 Å². The first-order valence-corrected chi connectivity index (χ1v) is 17.5. The molecule has 1 aromatic heterocycles. The third-order valence-electron chi connectivity index (χ3n) is 8.73. The molecule has 0 spiro atoms. The second kappa shape index (κ2) is 16.2. The van der Waals surface area contributed by atoms with E-state index >= 15 is 0 Å². The molecule has 0 amide bonds. The average Bonchev–Trinajstić information content (AvgIpc) is 3.63. The molecular weight excluding hydrogens is 763 g/mol. The number of halogens is 3. The van der Waals surface area contributed by atoms with E-state index in [4.69, 9.17) is 54.8 Å². The summed E-state index contributed by atoms with van der Waals surface area (Å²) in [4.78, 5) is 47.0. The number of para-hydroxylation sites is 3. The molecule has 0 radical (unpaired) electrons. The summed E-state index contributed by atoms with van der Waals surface area (Å²) >= 11 is 17.1. The number of rotatable bonds is 8. The Morgan fingerprint density at radius 2 is 1.28 bits per heavy atom. The van der Waals surface area contributed by atoms with Crippen molar-refractivity contribution in [3.05, 3.63) is 134 Å². The summed E-state index contributed by atoms with van der Waals surface area (Å²) in [6.45, 7) is 6.21. The molecule has 0 bridgehead atoms. The van der Waals surface area contributed by atoms with E-state index in [2.05, 4.69) is 29.8 Å². The second-order valence-corrected chi connectivity index (χ2v) is 14.0. The van der Waals surface area contributed by atoms with Crippen molar-refractivity contribution in [1.82, 2.24) is 0 Å². The summed E-state index contributed by atoms with van der Waals surface area (Å²) in [6, 6.07) is 16.0. The Morgan fingerprint density at radius 1 is 0.759 bits per heavy atom. The van der Waals surface area contributed by atoms with Gasteiger partial charge in [0, 0.05) is 12.0 Å². The number of hydrogen-bond donors (Lipinski definition) is 7. The van der Waals surface area contributed by atoms with Crippen molar-refractivity contribution in [1.29, 1.82) is 0 Å². The van der Waals surface area contributed by atoms with E-state index in [0.717, 1.165) is 24.2 Å². The number of aryl methyl sites for hydroxylation is 1. The fourth-order valence-electron chi connectivity index (χ4n) is 5.68. The number of phenols is 3. The molecule has 282 valence electrons. The number of nitrogens with two attached hydrogens (primary N) is 1. The van der Waals surface area contributed by atoms with Crippen LogP contribution in [0, 0.1) is 5.41 Å². The number of nitrogen functional groups attached to an aromatic ring is 1. The lowest BCUT2D eigenvalue weighted by Crippen LogP contribution is -2.41. The number of anilines is 6. The van der Waals surface area contributed by atoms with E-state index in [0.29, 0.717) is 5.69 Å². The van der Waals surface area contributed by atoms with E-state index in [1.165, 1.54) is 18.2 Å². The molecule has 8 N–H and O–H groups in total. The van der Waals surface area contributed by atoms with Gasteiger partial charge in [0.25, 0.3) is 21.7 Å². The van der Waals surface area contributed by atoms with E-state index in [1.807, 2.05) is 6.07 Å². The molecule has 0 aliphatic heterocycles. The van der Waals surface area contributed by atoms with Crippen molar-refractivity contribution >= 4 is 68.9 Å². The van der Waals surface area contributed by atoms with Crippen molar-refractivity contribution in [2.24, 2.45) is 5.41 Å². The second-order valence-electron chi connectivity index (χ2n) is 12.8. The van der Waals surface area contributed by atoms with Gasteiger partial charge in [-0.25, -0.2) is 0 Å². The maximum atomic E-state index is 12.2. The number of ether oxygens (including phenoxy) is 1. The Labute approximate surface area is 322 Å². The maximum absolute atomic E-state index is 12.2. The molecule has 0 saturated heterocycles. The largest absolute Gasteiger partial charge is 0.504 e. The highest BCUT2D eigenvalue weighted by atomic mass is 35.5. The van der Waals surface area contributed by atoms with Crippen LogP contribution >= 0.6 is 34.8 Å². The zero-order chi connectivity index (χ0) is 39.5. The van der Waals surface area contributed by atoms with Crippen molar-refractivity contribution in [3.8, 4) is 23.0 Å². The van der Waals surface area contributed by atoms with Crippen molar-refractivity contribution < 1.29 is 24.5 Å². The van der Waals surface area contributed by atoms with Crippen LogP contribution in [0.1, 0.15) is 44.6 Å². The van der Waals surface area contributed by atoms with Crippen LogP contribution in [-0.4, -0.2) is 21.9 Å². The molecule has 7 rings (SSSR count). The molecule has 1 aliphatic carbocycles. The number of furan rings is 1. The van der Waals surface area contributed by atoms with Gasteiger partial charge in [0.1, 0.15) is 22.8 Å². The van der Waals surface area contributed by atoms with Crippen LogP contribution in [0.25, 0.3) is 0 Å². The summed E-state index contributed by atoms with van der Waals surface area (Å²) < 4.78 is 10.6. The number of hydrogen-bond acceptors (Lipinski definition) is 13. The van der Waals surface area contributed by atoms with Gasteiger partial charge in [-0.3, -0.25) is 19.2 Å². The number of benzene rings is 3. The molecule has 5 aromatic carbocycles. The van der Waals surface area contributed by atoms with E-state index in [9.17, 15) is 29.4 Å². The number of aromatic hydroxyl groups is 3. The molecule has 54 heavy (non-hydrogen) atoms. The van der Waals surface area contributed by atoms with Crippen LogP contribution in [0.2, 0.25) is 15.1 Å². The molecule has 13 nitrogen and oxygen atoms in total. The summed E-state index contributed by atoms with van der Waals surface area (Å²) in [6.07, 6.45) is 3.37. The molecule has 1 aliphatic rings. The fraction of sp³-hybridized carbons (Fsp3) is 0.211. The molecule has 16 heteroatoms. The van der Waals surface area contributed by atoms with E-state index < -0.39 is 21.7 Å². The van der Waals surface area contributed by atoms with Crippen molar-refractivity contribution in [2.45, 2.75) is 39.7 Å². The van der Waals surface area contributed by atoms with Gasteiger partial charge in [-0.05, 0) is 61.2 Å². The minimum Gasteiger partial charge on any atom is -0.504 e. The Morgan fingerprint density at radius 3 is 1.83 bits per heavy atom. The van der Waals surface area contributed by atoms with Crippen molar-refractivity contribution in [3.63, 3.8) is 0 Å². The van der Waals surface area contributed by atoms with Crippen LogP contribution < -0.4 is 48.1 Å². The van der Waals surface area contributed by atoms with Gasteiger partial charge in [0.2, 0.25) is 0 Å². The standard InChI is InChI=1S/C20H19ClN2O4.C12H10ClNO4.C6H6ClNO/c1-20(2)8-6-13-10(7-9-27-13)19(20)23-15-14(17(25)18(15)26)22-12-5-3-4-11(21)16(12)24;1-2-18-12-8(10(16)11(12)17)14-7-5-3-4-6(13)9(7)15;7-4-2-1-3-5(8)6(4)9/h3-5,7,9,19,22-24H,6,8H2,1-2H3;3-5,14-15H,2H2,1H3;1-3,9H,8H2/t19-;;/m0../s1. The Bertz CT molecular complexity index is 2440. The first-order chi connectivity index (χ1) is 25.6. The Kier molecular flexibility index (Phi) is 11.8. The molecule has 1 heterocycles. The molecule has 0 unspecified atom stereocenters. The quantitative estimate of drug-likeness (QED) is 0.0452. The van der Waals surface area contributed by atoms with Gasteiger partial charge in [-0.2, -0.15) is 0 Å². The zero-order valence-electron chi connectivity index (χ0n) is 29.1. The monoisotopic (exact) mass is 796 g/mol. The molecule has 0 fully saturated rings. The Balaban J connectivity index is 0.000000178. The van der Waals surface area contributed by atoms with Crippen LogP contribution in [0.15, 0.2) is 90.5 Å². The smallest absolute Gasteiger partial charge is 0.272 e. The summed E-state index contributed by atoms with van der Waals surface area (Å²) in [5.41, 5.74) is 4.82. The highest BCUT2D eigenvalue weighted by Gasteiger charge is 2.39. The predicted molar refractivity (Wildman–Crippen MR) is 211 cm³/mol. The van der Waals surface area contributed by atoms with Crippen LogP contribution in [0.5, 0.6) is 23.0 Å². The molecule has 6 aromatic rings. The van der Waals surface area contributed by atoms with Gasteiger partial charge < -0.3 is 46.2 Å². The molecule has 1 atom stereocenters. The van der Waals surface area contributed by atoms with Gasteiger partial charge in [-0.1, -0.05) is 66.8 Å². The summed E-state index contributed by atoms with van der Waals surface area (Å²) in [7, 11) is 0. The lowest BCUT2D eigenvalue weighted by atomic mass is 9.72. The van der Waals surface area contributed by atoms with Crippen LogP contribution in [0.3, 0.4) is 0 Å².